The van der Waals surface area contributed by atoms with Gasteiger partial charge in [-0.25, -0.2) is 0 Å². The predicted octanol–water partition coefficient (Wildman–Crippen LogP) is 2.22. The van der Waals surface area contributed by atoms with E-state index >= 15 is 0 Å². The molecule has 21 heavy (non-hydrogen) atoms. The van der Waals surface area contributed by atoms with Crippen LogP contribution in [0.2, 0.25) is 0 Å². The van der Waals surface area contributed by atoms with Crippen molar-refractivity contribution in [3.05, 3.63) is 30.2 Å². The summed E-state index contributed by atoms with van der Waals surface area (Å²) in [4.78, 5) is 4.45. The summed E-state index contributed by atoms with van der Waals surface area (Å²) in [5.41, 5.74) is 0.894. The number of benzene rings is 1. The standard InChI is InChI=1S/C14H17N3O3.ClH/c1-9-12(15-7-8-19-9)14-16-13(17-20-14)10-3-5-11(18-2)6-4-10;/h3-6,9,12,15H,7-8H2,1-2H3;1H/t9-,12+;/m1./s1. The molecule has 6 nitrogen and oxygen atoms in total. The maximum absolute atomic E-state index is 5.58. The molecule has 0 spiro atoms. The Morgan fingerprint density at radius 3 is 2.71 bits per heavy atom. The fourth-order valence-corrected chi connectivity index (χ4v) is 2.23. The Kier molecular flexibility index (Phi) is 5.17. The minimum atomic E-state index is -0.0525. The minimum absolute atomic E-state index is 0. The van der Waals surface area contributed by atoms with Crippen LogP contribution in [-0.4, -0.2) is 36.5 Å². The normalized spacial score (nSPS) is 21.6. The molecule has 0 radical (unpaired) electrons. The van der Waals surface area contributed by atoms with Crippen molar-refractivity contribution in [2.75, 3.05) is 20.3 Å². The number of nitrogens with one attached hydrogen (secondary N) is 1. The zero-order valence-electron chi connectivity index (χ0n) is 11.9. The molecule has 1 aromatic heterocycles. The first-order valence-corrected chi connectivity index (χ1v) is 6.61. The van der Waals surface area contributed by atoms with Gasteiger partial charge < -0.3 is 19.3 Å². The van der Waals surface area contributed by atoms with Crippen molar-refractivity contribution in [2.24, 2.45) is 0 Å². The first kappa shape index (κ1) is 15.8. The van der Waals surface area contributed by atoms with Crippen molar-refractivity contribution < 1.29 is 14.0 Å². The topological polar surface area (TPSA) is 69.4 Å². The molecule has 1 aliphatic rings. The van der Waals surface area contributed by atoms with E-state index < -0.39 is 0 Å². The van der Waals surface area contributed by atoms with E-state index in [-0.39, 0.29) is 24.6 Å². The highest BCUT2D eigenvalue weighted by Crippen LogP contribution is 2.24. The lowest BCUT2D eigenvalue weighted by atomic mass is 10.1. The summed E-state index contributed by atoms with van der Waals surface area (Å²) in [6.45, 7) is 3.49. The van der Waals surface area contributed by atoms with Crippen LogP contribution in [0.5, 0.6) is 5.75 Å². The summed E-state index contributed by atoms with van der Waals surface area (Å²) in [7, 11) is 1.64. The highest BCUT2D eigenvalue weighted by atomic mass is 35.5. The number of nitrogens with zero attached hydrogens (tertiary/aromatic N) is 2. The van der Waals surface area contributed by atoms with Gasteiger partial charge in [-0.3, -0.25) is 0 Å². The fraction of sp³-hybridized carbons (Fsp3) is 0.429. The Hall–Kier alpha value is -1.63. The third-order valence-corrected chi connectivity index (χ3v) is 3.37. The molecule has 0 saturated carbocycles. The third kappa shape index (κ3) is 3.34. The monoisotopic (exact) mass is 311 g/mol. The predicted molar refractivity (Wildman–Crippen MR) is 79.7 cm³/mol. The van der Waals surface area contributed by atoms with Crippen molar-refractivity contribution in [1.82, 2.24) is 15.5 Å². The van der Waals surface area contributed by atoms with Gasteiger partial charge in [-0.05, 0) is 31.2 Å². The van der Waals surface area contributed by atoms with Crippen molar-refractivity contribution in [2.45, 2.75) is 19.1 Å². The average Bonchev–Trinajstić information content (AvgIpc) is 2.97. The van der Waals surface area contributed by atoms with Crippen LogP contribution in [-0.2, 0) is 4.74 Å². The second-order valence-electron chi connectivity index (χ2n) is 4.69. The van der Waals surface area contributed by atoms with Crippen molar-refractivity contribution in [1.29, 1.82) is 0 Å². The lowest BCUT2D eigenvalue weighted by Gasteiger charge is -2.27. The molecular weight excluding hydrogens is 294 g/mol. The molecule has 1 aliphatic heterocycles. The Balaban J connectivity index is 0.00000161. The number of ether oxygens (including phenoxy) is 2. The van der Waals surface area contributed by atoms with Crippen LogP contribution in [0.25, 0.3) is 11.4 Å². The van der Waals surface area contributed by atoms with Crippen molar-refractivity contribution in [3.8, 4) is 17.1 Å². The molecule has 1 N–H and O–H groups in total. The van der Waals surface area contributed by atoms with Crippen LogP contribution in [0.4, 0.5) is 0 Å². The maximum Gasteiger partial charge on any atom is 0.246 e. The zero-order chi connectivity index (χ0) is 13.9. The number of methoxy groups -OCH3 is 1. The van der Waals surface area contributed by atoms with Gasteiger partial charge in [-0.2, -0.15) is 4.98 Å². The van der Waals surface area contributed by atoms with Gasteiger partial charge in [0.15, 0.2) is 0 Å². The maximum atomic E-state index is 5.58. The third-order valence-electron chi connectivity index (χ3n) is 3.37. The van der Waals surface area contributed by atoms with Gasteiger partial charge in [0.05, 0.1) is 19.8 Å². The summed E-state index contributed by atoms with van der Waals surface area (Å²) in [5.74, 6) is 1.93. The molecule has 2 aromatic rings. The zero-order valence-corrected chi connectivity index (χ0v) is 12.7. The molecule has 7 heteroatoms. The highest BCUT2D eigenvalue weighted by Gasteiger charge is 2.28. The number of rotatable bonds is 3. The highest BCUT2D eigenvalue weighted by molar-refractivity contribution is 5.85. The van der Waals surface area contributed by atoms with Gasteiger partial charge in [0.25, 0.3) is 0 Å². The Morgan fingerprint density at radius 1 is 1.29 bits per heavy atom. The van der Waals surface area contributed by atoms with Crippen LogP contribution in [0.15, 0.2) is 28.8 Å². The molecule has 0 bridgehead atoms. The second kappa shape index (κ2) is 6.89. The van der Waals surface area contributed by atoms with Gasteiger partial charge in [-0.1, -0.05) is 5.16 Å². The lowest BCUT2D eigenvalue weighted by molar-refractivity contribution is -0.00136. The number of hydrogen-bond donors (Lipinski definition) is 1. The van der Waals surface area contributed by atoms with E-state index in [1.54, 1.807) is 7.11 Å². The average molecular weight is 312 g/mol. The summed E-state index contributed by atoms with van der Waals surface area (Å²) in [5, 5.41) is 7.36. The Labute approximate surface area is 129 Å². The van der Waals surface area contributed by atoms with Crippen molar-refractivity contribution >= 4 is 12.4 Å². The van der Waals surface area contributed by atoms with Crippen LogP contribution >= 0.6 is 12.4 Å². The van der Waals surface area contributed by atoms with Crippen LogP contribution in [0.1, 0.15) is 18.9 Å². The summed E-state index contributed by atoms with van der Waals surface area (Å²) >= 11 is 0. The molecule has 3 rings (SSSR count). The molecule has 0 aliphatic carbocycles. The van der Waals surface area contributed by atoms with E-state index in [1.807, 2.05) is 31.2 Å². The molecule has 1 fully saturated rings. The summed E-state index contributed by atoms with van der Waals surface area (Å²) < 4.78 is 16.1. The van der Waals surface area contributed by atoms with Gasteiger partial charge in [-0.15, -0.1) is 12.4 Å². The van der Waals surface area contributed by atoms with Crippen LogP contribution in [0, 0.1) is 0 Å². The van der Waals surface area contributed by atoms with E-state index in [0.717, 1.165) is 17.9 Å². The summed E-state index contributed by atoms with van der Waals surface area (Å²) in [6.07, 6.45) is 0.0212. The van der Waals surface area contributed by atoms with E-state index in [2.05, 4.69) is 15.5 Å². The largest absolute Gasteiger partial charge is 0.497 e. The van der Waals surface area contributed by atoms with Gasteiger partial charge in [0.1, 0.15) is 11.8 Å². The van der Waals surface area contributed by atoms with E-state index in [0.29, 0.717) is 18.3 Å². The van der Waals surface area contributed by atoms with E-state index in [1.165, 1.54) is 0 Å². The number of morpholine rings is 1. The molecular formula is C14H18ClN3O3. The second-order valence-corrected chi connectivity index (χ2v) is 4.69. The van der Waals surface area contributed by atoms with E-state index in [9.17, 15) is 0 Å². The number of halogens is 1. The summed E-state index contributed by atoms with van der Waals surface area (Å²) in [6, 6.07) is 7.50. The molecule has 2 atom stereocenters. The Morgan fingerprint density at radius 2 is 2.05 bits per heavy atom. The first-order valence-electron chi connectivity index (χ1n) is 6.61. The lowest BCUT2D eigenvalue weighted by Crippen LogP contribution is -2.40. The molecule has 114 valence electrons. The van der Waals surface area contributed by atoms with Crippen LogP contribution < -0.4 is 10.1 Å². The fourth-order valence-electron chi connectivity index (χ4n) is 2.23. The van der Waals surface area contributed by atoms with Crippen molar-refractivity contribution in [3.63, 3.8) is 0 Å². The smallest absolute Gasteiger partial charge is 0.246 e. The molecule has 0 unspecified atom stereocenters. The van der Waals surface area contributed by atoms with Gasteiger partial charge in [0.2, 0.25) is 11.7 Å². The quantitative estimate of drug-likeness (QED) is 0.937. The molecule has 0 amide bonds. The van der Waals surface area contributed by atoms with Gasteiger partial charge >= 0.3 is 0 Å². The van der Waals surface area contributed by atoms with E-state index in [4.69, 9.17) is 14.0 Å². The Bertz CT molecular complexity index is 573. The number of hydrogen-bond acceptors (Lipinski definition) is 6. The SMILES string of the molecule is COc1ccc(-c2noc([C@H]3NCCO[C@@H]3C)n2)cc1.Cl. The molecule has 2 heterocycles. The van der Waals surface area contributed by atoms with Gasteiger partial charge in [0, 0.05) is 12.1 Å². The van der Waals surface area contributed by atoms with Crippen LogP contribution in [0.3, 0.4) is 0 Å². The minimum Gasteiger partial charge on any atom is -0.497 e. The molecule has 1 saturated heterocycles. The first-order chi connectivity index (χ1) is 9.78. The number of aromatic nitrogens is 2. The molecule has 1 aromatic carbocycles.